The van der Waals surface area contributed by atoms with E-state index in [9.17, 15) is 9.59 Å². The van der Waals surface area contributed by atoms with Gasteiger partial charge in [-0.05, 0) is 25.1 Å². The third kappa shape index (κ3) is 3.27. The summed E-state index contributed by atoms with van der Waals surface area (Å²) < 4.78 is 0. The Hall–Kier alpha value is -1.53. The van der Waals surface area contributed by atoms with Crippen LogP contribution >= 0.6 is 23.4 Å². The number of nitrogens with zero attached hydrogens (tertiary/aromatic N) is 1. The molecule has 0 aliphatic heterocycles. The standard InChI is InChI=1S/C12H11ClN2O3S/c1-6(19-5-10(16)17)11-14-9-4-7(13)2-3-8(9)12(18)15-11/h2-4,6H,5H2,1H3,(H,16,17)(H,14,15,18). The topological polar surface area (TPSA) is 83.0 Å². The van der Waals surface area contributed by atoms with Gasteiger partial charge in [0.25, 0.3) is 5.56 Å². The predicted molar refractivity (Wildman–Crippen MR) is 75.9 cm³/mol. The highest BCUT2D eigenvalue weighted by Crippen LogP contribution is 2.25. The van der Waals surface area contributed by atoms with E-state index in [0.717, 1.165) is 0 Å². The van der Waals surface area contributed by atoms with Gasteiger partial charge in [-0.2, -0.15) is 0 Å². The van der Waals surface area contributed by atoms with Crippen LogP contribution in [0.4, 0.5) is 0 Å². The molecule has 0 aliphatic carbocycles. The molecule has 100 valence electrons. The number of nitrogens with one attached hydrogen (secondary N) is 1. The van der Waals surface area contributed by atoms with Gasteiger partial charge in [0.2, 0.25) is 0 Å². The van der Waals surface area contributed by atoms with Crippen molar-refractivity contribution in [2.45, 2.75) is 12.2 Å². The van der Waals surface area contributed by atoms with Gasteiger partial charge in [-0.1, -0.05) is 11.6 Å². The summed E-state index contributed by atoms with van der Waals surface area (Å²) in [5, 5.41) is 9.39. The molecule has 0 radical (unpaired) electrons. The quantitative estimate of drug-likeness (QED) is 0.906. The molecule has 1 unspecified atom stereocenters. The lowest BCUT2D eigenvalue weighted by Gasteiger charge is -2.09. The summed E-state index contributed by atoms with van der Waals surface area (Å²) in [6, 6.07) is 4.86. The number of hydrogen-bond donors (Lipinski definition) is 2. The minimum atomic E-state index is -0.900. The molecule has 0 fully saturated rings. The van der Waals surface area contributed by atoms with Crippen molar-refractivity contribution in [2.75, 3.05) is 5.75 Å². The molecule has 0 saturated heterocycles. The predicted octanol–water partition coefficient (Wildman–Crippen LogP) is 2.46. The van der Waals surface area contributed by atoms with E-state index in [0.29, 0.717) is 21.7 Å². The molecule has 0 amide bonds. The number of aromatic nitrogens is 2. The molecule has 2 aromatic rings. The Labute approximate surface area is 118 Å². The van der Waals surface area contributed by atoms with E-state index in [1.165, 1.54) is 11.8 Å². The van der Waals surface area contributed by atoms with Gasteiger partial charge >= 0.3 is 5.97 Å². The molecular weight excluding hydrogens is 288 g/mol. The van der Waals surface area contributed by atoms with Crippen LogP contribution < -0.4 is 5.56 Å². The van der Waals surface area contributed by atoms with Crippen molar-refractivity contribution in [3.63, 3.8) is 0 Å². The molecule has 2 N–H and O–H groups in total. The minimum Gasteiger partial charge on any atom is -0.481 e. The summed E-state index contributed by atoms with van der Waals surface area (Å²) in [5.41, 5.74) is 0.258. The lowest BCUT2D eigenvalue weighted by molar-refractivity contribution is -0.133. The van der Waals surface area contributed by atoms with Crippen LogP contribution in [0, 0.1) is 0 Å². The fourth-order valence-corrected chi connectivity index (χ4v) is 2.43. The second-order valence-electron chi connectivity index (χ2n) is 3.96. The number of aromatic amines is 1. The van der Waals surface area contributed by atoms with E-state index in [1.54, 1.807) is 25.1 Å². The summed E-state index contributed by atoms with van der Waals surface area (Å²) in [5.74, 6) is -0.493. The van der Waals surface area contributed by atoms with E-state index in [-0.39, 0.29) is 16.6 Å². The first kappa shape index (κ1) is 13.9. The second-order valence-corrected chi connectivity index (χ2v) is 5.73. The molecule has 5 nitrogen and oxygen atoms in total. The third-order valence-electron chi connectivity index (χ3n) is 2.53. The van der Waals surface area contributed by atoms with E-state index < -0.39 is 5.97 Å². The van der Waals surface area contributed by atoms with Gasteiger partial charge in [0.05, 0.1) is 21.9 Å². The Bertz CT molecular complexity index is 686. The second kappa shape index (κ2) is 5.63. The van der Waals surface area contributed by atoms with Crippen molar-refractivity contribution in [3.8, 4) is 0 Å². The van der Waals surface area contributed by atoms with E-state index >= 15 is 0 Å². The Balaban J connectivity index is 2.39. The highest BCUT2D eigenvalue weighted by Gasteiger charge is 2.13. The van der Waals surface area contributed by atoms with Gasteiger partial charge in [0, 0.05) is 5.02 Å². The van der Waals surface area contributed by atoms with Crippen LogP contribution in [0.2, 0.25) is 5.02 Å². The Kier molecular flexibility index (Phi) is 4.11. The zero-order valence-corrected chi connectivity index (χ0v) is 11.6. The fraction of sp³-hybridized carbons (Fsp3) is 0.250. The Morgan fingerprint density at radius 2 is 2.32 bits per heavy atom. The van der Waals surface area contributed by atoms with E-state index in [1.807, 2.05) is 0 Å². The average Bonchev–Trinajstić information content (AvgIpc) is 2.35. The van der Waals surface area contributed by atoms with Crippen LogP contribution in [0.15, 0.2) is 23.0 Å². The zero-order chi connectivity index (χ0) is 14.0. The molecule has 2 rings (SSSR count). The number of benzene rings is 1. The van der Waals surface area contributed by atoms with Crippen molar-refractivity contribution in [1.29, 1.82) is 0 Å². The lowest BCUT2D eigenvalue weighted by atomic mass is 10.2. The number of H-pyrrole nitrogens is 1. The highest BCUT2D eigenvalue weighted by atomic mass is 35.5. The molecule has 0 aliphatic rings. The van der Waals surface area contributed by atoms with Crippen LogP contribution in [0.25, 0.3) is 10.9 Å². The first-order valence-electron chi connectivity index (χ1n) is 5.50. The zero-order valence-electron chi connectivity index (χ0n) is 10.0. The molecule has 1 aromatic carbocycles. The molecular formula is C12H11ClN2O3S. The summed E-state index contributed by atoms with van der Waals surface area (Å²) >= 11 is 7.06. The molecule has 7 heteroatoms. The normalized spacial score (nSPS) is 12.5. The van der Waals surface area contributed by atoms with Crippen LogP contribution in [0.5, 0.6) is 0 Å². The molecule has 1 heterocycles. The van der Waals surface area contributed by atoms with Crippen molar-refractivity contribution in [3.05, 3.63) is 39.4 Å². The maximum Gasteiger partial charge on any atom is 0.313 e. The van der Waals surface area contributed by atoms with Crippen molar-refractivity contribution in [2.24, 2.45) is 0 Å². The summed E-state index contributed by atoms with van der Waals surface area (Å²) in [7, 11) is 0. The minimum absolute atomic E-state index is 0.0432. The summed E-state index contributed by atoms with van der Waals surface area (Å²) in [4.78, 5) is 29.4. The maximum absolute atomic E-state index is 11.9. The first-order chi connectivity index (χ1) is 8.97. The SMILES string of the molecule is CC(SCC(=O)O)c1nc2cc(Cl)ccc2c(=O)[nH]1. The number of carbonyl (C=O) groups is 1. The number of carboxylic acids is 1. The van der Waals surface area contributed by atoms with E-state index in [2.05, 4.69) is 9.97 Å². The highest BCUT2D eigenvalue weighted by molar-refractivity contribution is 8.00. The molecule has 19 heavy (non-hydrogen) atoms. The van der Waals surface area contributed by atoms with Gasteiger partial charge < -0.3 is 10.1 Å². The summed E-state index contributed by atoms with van der Waals surface area (Å²) in [6.45, 7) is 1.79. The molecule has 0 spiro atoms. The summed E-state index contributed by atoms with van der Waals surface area (Å²) in [6.07, 6.45) is 0. The molecule has 1 atom stereocenters. The van der Waals surface area contributed by atoms with Gasteiger partial charge in [-0.3, -0.25) is 9.59 Å². The number of rotatable bonds is 4. The van der Waals surface area contributed by atoms with Crippen molar-refractivity contribution < 1.29 is 9.90 Å². The number of carboxylic acid groups (broad SMARTS) is 1. The fourth-order valence-electron chi connectivity index (χ4n) is 1.60. The number of fused-ring (bicyclic) bond motifs is 1. The largest absolute Gasteiger partial charge is 0.481 e. The number of aliphatic carboxylic acids is 1. The average molecular weight is 299 g/mol. The van der Waals surface area contributed by atoms with Gasteiger partial charge in [-0.25, -0.2) is 4.98 Å². The number of thioether (sulfide) groups is 1. The number of hydrogen-bond acceptors (Lipinski definition) is 4. The van der Waals surface area contributed by atoms with Crippen LogP contribution in [0.3, 0.4) is 0 Å². The third-order valence-corrected chi connectivity index (χ3v) is 3.90. The molecule has 1 aromatic heterocycles. The maximum atomic E-state index is 11.9. The van der Waals surface area contributed by atoms with Crippen LogP contribution in [-0.2, 0) is 4.79 Å². The monoisotopic (exact) mass is 298 g/mol. The van der Waals surface area contributed by atoms with Gasteiger partial charge in [-0.15, -0.1) is 11.8 Å². The van der Waals surface area contributed by atoms with E-state index in [4.69, 9.17) is 16.7 Å². The molecule has 0 saturated carbocycles. The van der Waals surface area contributed by atoms with Crippen LogP contribution in [0.1, 0.15) is 18.0 Å². The lowest BCUT2D eigenvalue weighted by Crippen LogP contribution is -2.13. The van der Waals surface area contributed by atoms with Crippen molar-refractivity contribution in [1.82, 2.24) is 9.97 Å². The Morgan fingerprint density at radius 1 is 1.58 bits per heavy atom. The smallest absolute Gasteiger partial charge is 0.313 e. The van der Waals surface area contributed by atoms with Crippen molar-refractivity contribution >= 4 is 40.2 Å². The molecule has 0 bridgehead atoms. The number of halogens is 1. The van der Waals surface area contributed by atoms with Crippen LogP contribution in [-0.4, -0.2) is 26.8 Å². The Morgan fingerprint density at radius 3 is 3.00 bits per heavy atom. The first-order valence-corrected chi connectivity index (χ1v) is 6.93. The van der Waals surface area contributed by atoms with Gasteiger partial charge in [0.15, 0.2) is 0 Å². The van der Waals surface area contributed by atoms with Gasteiger partial charge in [0.1, 0.15) is 5.82 Å².